The Bertz CT molecular complexity index is 912. The first kappa shape index (κ1) is 23.2. The number of amides is 1. The Labute approximate surface area is 187 Å². The van der Waals surface area contributed by atoms with E-state index in [2.05, 4.69) is 15.6 Å². The highest BCUT2D eigenvalue weighted by atomic mass is 35.5. The van der Waals surface area contributed by atoms with Crippen molar-refractivity contribution in [1.82, 2.24) is 15.6 Å². The zero-order chi connectivity index (χ0) is 22.2. The summed E-state index contributed by atoms with van der Waals surface area (Å²) in [6.45, 7) is 4.30. The second-order valence-electron chi connectivity index (χ2n) is 7.55. The third-order valence-corrected chi connectivity index (χ3v) is 5.79. The number of benzene rings is 1. The molecule has 0 saturated carbocycles. The Morgan fingerprint density at radius 3 is 2.77 bits per heavy atom. The zero-order valence-corrected chi connectivity index (χ0v) is 18.6. The number of carbonyl (C=O) groups excluding carboxylic acids is 2. The third-order valence-electron chi connectivity index (χ3n) is 5.34. The summed E-state index contributed by atoms with van der Waals surface area (Å²) in [7, 11) is 1.83. The molecule has 0 spiro atoms. The van der Waals surface area contributed by atoms with Gasteiger partial charge in [0.2, 0.25) is 0 Å². The normalized spacial score (nSPS) is 14.3. The van der Waals surface area contributed by atoms with Gasteiger partial charge in [-0.05, 0) is 62.1 Å². The van der Waals surface area contributed by atoms with E-state index in [1.165, 1.54) is 0 Å². The second kappa shape index (κ2) is 11.2. The highest BCUT2D eigenvalue weighted by Crippen LogP contribution is 2.34. The van der Waals surface area contributed by atoms with E-state index in [0.717, 1.165) is 35.8 Å². The second-order valence-corrected chi connectivity index (χ2v) is 7.93. The number of aldehydes is 1. The average molecular weight is 446 g/mol. The van der Waals surface area contributed by atoms with Crippen molar-refractivity contribution in [3.8, 4) is 5.75 Å². The predicted octanol–water partition coefficient (Wildman–Crippen LogP) is 2.95. The fraction of sp³-hybridized carbons (Fsp3) is 0.435. The van der Waals surface area contributed by atoms with Crippen LogP contribution in [0.25, 0.3) is 0 Å². The summed E-state index contributed by atoms with van der Waals surface area (Å²) in [5, 5.41) is 6.44. The molecule has 0 unspecified atom stereocenters. The van der Waals surface area contributed by atoms with Crippen LogP contribution < -0.4 is 15.4 Å². The standard InChI is InChI=1S/C23H28ClN3O4/c1-15-17(12-18(14-28)22(21(15)24)31-10-7-25-2)11-16-3-4-20(26-13-16)23(29)27-19-5-8-30-9-6-19/h3-4,12-14,19,25H,5-11H2,1-2H3,(H,27,29). The summed E-state index contributed by atoms with van der Waals surface area (Å²) in [6.07, 6.45) is 4.61. The lowest BCUT2D eigenvalue weighted by atomic mass is 9.98. The molecule has 0 atom stereocenters. The minimum absolute atomic E-state index is 0.128. The van der Waals surface area contributed by atoms with Crippen molar-refractivity contribution in [2.24, 2.45) is 0 Å². The van der Waals surface area contributed by atoms with Gasteiger partial charge in [0.05, 0.1) is 10.6 Å². The number of ether oxygens (including phenoxy) is 2. The smallest absolute Gasteiger partial charge is 0.270 e. The minimum atomic E-state index is -0.177. The summed E-state index contributed by atoms with van der Waals surface area (Å²) in [5.74, 6) is 0.232. The van der Waals surface area contributed by atoms with E-state index in [1.807, 2.05) is 20.0 Å². The van der Waals surface area contributed by atoms with Crippen molar-refractivity contribution >= 4 is 23.8 Å². The van der Waals surface area contributed by atoms with Crippen LogP contribution in [0.15, 0.2) is 24.4 Å². The Balaban J connectivity index is 1.71. The summed E-state index contributed by atoms with van der Waals surface area (Å²) < 4.78 is 11.0. The molecule has 1 fully saturated rings. The number of nitrogens with zero attached hydrogens (tertiary/aromatic N) is 1. The van der Waals surface area contributed by atoms with Gasteiger partial charge in [-0.1, -0.05) is 17.7 Å². The van der Waals surface area contributed by atoms with E-state index in [-0.39, 0.29) is 11.9 Å². The van der Waals surface area contributed by atoms with E-state index >= 15 is 0 Å². The number of carbonyl (C=O) groups is 2. The molecule has 1 amide bonds. The number of halogens is 1. The van der Waals surface area contributed by atoms with Crippen LogP contribution in [-0.2, 0) is 11.2 Å². The van der Waals surface area contributed by atoms with Crippen LogP contribution >= 0.6 is 11.6 Å². The number of likely N-dealkylation sites (N-methyl/N-ethyl adjacent to an activating group) is 1. The molecule has 1 aliphatic rings. The van der Waals surface area contributed by atoms with Crippen LogP contribution in [0, 0.1) is 6.92 Å². The molecular weight excluding hydrogens is 418 g/mol. The van der Waals surface area contributed by atoms with E-state index in [1.54, 1.807) is 18.3 Å². The lowest BCUT2D eigenvalue weighted by molar-refractivity contribution is 0.0694. The first-order chi connectivity index (χ1) is 15.0. The van der Waals surface area contributed by atoms with Gasteiger partial charge in [-0.2, -0.15) is 0 Å². The highest BCUT2D eigenvalue weighted by Gasteiger charge is 2.18. The van der Waals surface area contributed by atoms with Crippen molar-refractivity contribution in [3.63, 3.8) is 0 Å². The van der Waals surface area contributed by atoms with Crippen LogP contribution in [0.1, 0.15) is 50.4 Å². The van der Waals surface area contributed by atoms with Crippen LogP contribution in [0.4, 0.5) is 0 Å². The van der Waals surface area contributed by atoms with Gasteiger partial charge in [0.25, 0.3) is 5.91 Å². The van der Waals surface area contributed by atoms with Gasteiger partial charge in [0.15, 0.2) is 6.29 Å². The first-order valence-electron chi connectivity index (χ1n) is 10.4. The number of rotatable bonds is 9. The van der Waals surface area contributed by atoms with Crippen molar-refractivity contribution in [2.75, 3.05) is 33.4 Å². The lowest BCUT2D eigenvalue weighted by Gasteiger charge is -2.22. The van der Waals surface area contributed by atoms with Gasteiger partial charge < -0.3 is 20.1 Å². The molecular formula is C23H28ClN3O4. The fourth-order valence-electron chi connectivity index (χ4n) is 3.46. The summed E-state index contributed by atoms with van der Waals surface area (Å²) in [6, 6.07) is 5.52. The zero-order valence-electron chi connectivity index (χ0n) is 17.9. The van der Waals surface area contributed by atoms with Crippen LogP contribution in [-0.4, -0.2) is 56.6 Å². The number of hydrogen-bond acceptors (Lipinski definition) is 6. The van der Waals surface area contributed by atoms with Gasteiger partial charge in [-0.25, -0.2) is 0 Å². The lowest BCUT2D eigenvalue weighted by Crippen LogP contribution is -2.39. The van der Waals surface area contributed by atoms with Crippen LogP contribution in [0.2, 0.25) is 5.02 Å². The molecule has 31 heavy (non-hydrogen) atoms. The van der Waals surface area contributed by atoms with E-state index < -0.39 is 0 Å². The molecule has 0 bridgehead atoms. The maximum atomic E-state index is 12.4. The number of pyridine rings is 1. The molecule has 1 aromatic heterocycles. The van der Waals surface area contributed by atoms with Crippen molar-refractivity contribution < 1.29 is 19.1 Å². The Morgan fingerprint density at radius 2 is 2.13 bits per heavy atom. The first-order valence-corrected chi connectivity index (χ1v) is 10.8. The Morgan fingerprint density at radius 1 is 1.35 bits per heavy atom. The van der Waals surface area contributed by atoms with Gasteiger partial charge in [-0.15, -0.1) is 0 Å². The number of hydrogen-bond donors (Lipinski definition) is 2. The highest BCUT2D eigenvalue weighted by molar-refractivity contribution is 6.33. The molecule has 1 aliphatic heterocycles. The quantitative estimate of drug-likeness (QED) is 0.455. The van der Waals surface area contributed by atoms with Gasteiger partial charge in [0, 0.05) is 32.0 Å². The Hall–Kier alpha value is -2.48. The molecule has 1 aromatic carbocycles. The van der Waals surface area contributed by atoms with Crippen LogP contribution in [0.5, 0.6) is 5.75 Å². The number of aromatic nitrogens is 1. The van der Waals surface area contributed by atoms with E-state index in [9.17, 15) is 9.59 Å². The molecule has 8 heteroatoms. The van der Waals surface area contributed by atoms with E-state index in [4.69, 9.17) is 21.1 Å². The molecule has 2 N–H and O–H groups in total. The monoisotopic (exact) mass is 445 g/mol. The molecule has 2 heterocycles. The third kappa shape index (κ3) is 6.03. The van der Waals surface area contributed by atoms with Gasteiger partial charge >= 0.3 is 0 Å². The van der Waals surface area contributed by atoms with Crippen LogP contribution in [0.3, 0.4) is 0 Å². The summed E-state index contributed by atoms with van der Waals surface area (Å²) in [5.41, 5.74) is 3.48. The molecule has 1 saturated heterocycles. The topological polar surface area (TPSA) is 89.5 Å². The molecule has 2 aromatic rings. The van der Waals surface area contributed by atoms with Gasteiger partial charge in [0.1, 0.15) is 18.1 Å². The molecule has 0 radical (unpaired) electrons. The summed E-state index contributed by atoms with van der Waals surface area (Å²) in [4.78, 5) is 28.3. The molecule has 166 valence electrons. The minimum Gasteiger partial charge on any atom is -0.490 e. The SMILES string of the molecule is CNCCOc1c(C=O)cc(Cc2ccc(C(=O)NC3CCOCC3)nc2)c(C)c1Cl. The summed E-state index contributed by atoms with van der Waals surface area (Å²) >= 11 is 6.51. The van der Waals surface area contributed by atoms with Crippen molar-refractivity contribution in [1.29, 1.82) is 0 Å². The maximum absolute atomic E-state index is 12.4. The van der Waals surface area contributed by atoms with Gasteiger partial charge in [-0.3, -0.25) is 14.6 Å². The van der Waals surface area contributed by atoms with E-state index in [0.29, 0.717) is 54.8 Å². The molecule has 0 aliphatic carbocycles. The number of nitrogens with one attached hydrogen (secondary N) is 2. The largest absolute Gasteiger partial charge is 0.490 e. The fourth-order valence-corrected chi connectivity index (χ4v) is 3.74. The molecule has 7 nitrogen and oxygen atoms in total. The average Bonchev–Trinajstić information content (AvgIpc) is 2.79. The van der Waals surface area contributed by atoms with Crippen molar-refractivity contribution in [3.05, 3.63) is 57.4 Å². The molecule has 3 rings (SSSR count). The maximum Gasteiger partial charge on any atom is 0.270 e. The van der Waals surface area contributed by atoms with Crippen molar-refractivity contribution in [2.45, 2.75) is 32.2 Å². The predicted molar refractivity (Wildman–Crippen MR) is 119 cm³/mol. The Kier molecular flexibility index (Phi) is 8.40.